The SMILES string of the molecule is CC1(C)C(=CC=C2CCCC(C=CC3=[N+](CCCCCC(=O)O)c4ccc5cc(S(=O)(=O)O)ccc5c4C3(C)C)=C2Oc2ccc(S(=O)(=O)O)cc2)N(CCCS(=O)(=O)O)c2ccc(N(CCCSOOO)CCCSOOO)cc21. The summed E-state index contributed by atoms with van der Waals surface area (Å²) in [4.78, 5) is 15.1. The molecule has 0 unspecified atom stereocenters. The molecule has 6 N–H and O–H groups in total. The fraction of sp³-hybridized carbons (Fsp3) is 0.418. The molecule has 440 valence electrons. The number of hydrogen-bond acceptors (Lipinski definition) is 18. The summed E-state index contributed by atoms with van der Waals surface area (Å²) in [6, 6.07) is 19.8. The monoisotopic (exact) mass is 1220 g/mol. The van der Waals surface area contributed by atoms with E-state index in [9.17, 15) is 48.8 Å². The predicted octanol–water partition coefficient (Wildman–Crippen LogP) is 11.0. The van der Waals surface area contributed by atoms with Gasteiger partial charge >= 0.3 is 5.97 Å². The van der Waals surface area contributed by atoms with E-state index in [0.717, 1.165) is 80.2 Å². The summed E-state index contributed by atoms with van der Waals surface area (Å²) < 4.78 is 120. The van der Waals surface area contributed by atoms with Crippen molar-refractivity contribution in [1.82, 2.24) is 0 Å². The summed E-state index contributed by atoms with van der Waals surface area (Å²) in [5.41, 5.74) is 6.49. The maximum absolute atomic E-state index is 12.2. The van der Waals surface area contributed by atoms with Crippen LogP contribution in [-0.2, 0) is 64.7 Å². The number of unbranched alkanes of at least 4 members (excludes halogenated alkanes) is 2. The minimum absolute atomic E-state index is 0.0411. The van der Waals surface area contributed by atoms with Crippen LogP contribution in [0.1, 0.15) is 103 Å². The van der Waals surface area contributed by atoms with Gasteiger partial charge in [0.25, 0.3) is 30.4 Å². The average molecular weight is 1220 g/mol. The van der Waals surface area contributed by atoms with Crippen molar-refractivity contribution in [3.63, 3.8) is 0 Å². The highest BCUT2D eigenvalue weighted by Gasteiger charge is 2.46. The first-order chi connectivity index (χ1) is 38.3. The van der Waals surface area contributed by atoms with E-state index in [0.29, 0.717) is 99.4 Å². The van der Waals surface area contributed by atoms with Crippen LogP contribution in [0.3, 0.4) is 0 Å². The van der Waals surface area contributed by atoms with Gasteiger partial charge in [0.2, 0.25) is 5.69 Å². The molecule has 2 heterocycles. The first kappa shape index (κ1) is 63.4. The number of carboxylic acid groups (broad SMARTS) is 1. The van der Waals surface area contributed by atoms with Gasteiger partial charge in [-0.2, -0.15) is 29.8 Å². The Hall–Kier alpha value is -5.17. The molecule has 0 amide bonds. The predicted molar refractivity (Wildman–Crippen MR) is 310 cm³/mol. The number of allylic oxidation sites excluding steroid dienone is 7. The fourth-order valence-corrected chi connectivity index (χ4v) is 13.0. The first-order valence-corrected chi connectivity index (χ1v) is 32.5. The van der Waals surface area contributed by atoms with E-state index in [1.165, 1.54) is 36.4 Å². The smallest absolute Gasteiger partial charge is 0.303 e. The van der Waals surface area contributed by atoms with Crippen LogP contribution < -0.4 is 14.5 Å². The van der Waals surface area contributed by atoms with Crippen LogP contribution in [0.4, 0.5) is 17.1 Å². The van der Waals surface area contributed by atoms with Crippen molar-refractivity contribution in [3.05, 3.63) is 131 Å². The van der Waals surface area contributed by atoms with Crippen molar-refractivity contribution in [1.29, 1.82) is 0 Å². The largest absolute Gasteiger partial charge is 0.481 e. The van der Waals surface area contributed by atoms with Gasteiger partial charge in [0.1, 0.15) is 18.1 Å². The molecule has 0 saturated heterocycles. The standard InChI is InChI=1S/C55H67N3O18S5/c1-54(2)46-37-41(56(29-9-33-77-75-73-61)30-10-34-78-76-74-62)18-26-47(46)57(32-11-35-79(63,64)65)49(54)27-16-38-12-8-13-39(53(38)72-42-19-21-43(22-20-42)80(66,67)68)17-28-50-55(3,4)52-45-24-23-44(81(69,70)71)36-40(45)15-25-48(52)58(50)31-7-5-6-14-51(59)60/h15-28,36-37H,5-14,29-35H2,1-4H3,(H5-,59,60,61,62,63,64,65,66,67,68,69,70,71)/p+1. The number of fused-ring (bicyclic) bond motifs is 4. The van der Waals surface area contributed by atoms with Crippen LogP contribution in [0.15, 0.2) is 129 Å². The highest BCUT2D eigenvalue weighted by molar-refractivity contribution is 7.94. The normalized spacial score (nSPS) is 17.3. The molecule has 4 aromatic carbocycles. The summed E-state index contributed by atoms with van der Waals surface area (Å²) >= 11 is 1.91. The lowest BCUT2D eigenvalue weighted by atomic mass is 9.78. The maximum atomic E-state index is 12.2. The number of anilines is 2. The van der Waals surface area contributed by atoms with Crippen molar-refractivity contribution >= 4 is 94.0 Å². The number of ether oxygens (including phenoxy) is 1. The minimum atomic E-state index is -4.52. The Morgan fingerprint density at radius 3 is 2.04 bits per heavy atom. The molecular weight excluding hydrogens is 1150 g/mol. The van der Waals surface area contributed by atoms with Crippen LogP contribution in [0.5, 0.6) is 5.75 Å². The van der Waals surface area contributed by atoms with Gasteiger partial charge < -0.3 is 19.6 Å². The van der Waals surface area contributed by atoms with Gasteiger partial charge in [0.15, 0.2) is 5.71 Å². The second-order valence-corrected chi connectivity index (χ2v) is 26.7. The summed E-state index contributed by atoms with van der Waals surface area (Å²) in [5.74, 6) is 0.464. The summed E-state index contributed by atoms with van der Waals surface area (Å²) in [5, 5.41) is 35.5. The third-order valence-corrected chi connectivity index (χ3v) is 18.3. The lowest BCUT2D eigenvalue weighted by molar-refractivity contribution is -0.438. The Kier molecular flexibility index (Phi) is 21.5. The molecule has 81 heavy (non-hydrogen) atoms. The van der Waals surface area contributed by atoms with E-state index in [1.54, 1.807) is 6.07 Å². The van der Waals surface area contributed by atoms with E-state index in [1.807, 2.05) is 48.6 Å². The molecule has 4 aromatic rings. The van der Waals surface area contributed by atoms with Gasteiger partial charge in [-0.05, 0) is 166 Å². The fourth-order valence-electron chi connectivity index (χ4n) is 10.8. The Labute approximate surface area is 480 Å². The quantitative estimate of drug-likeness (QED) is 0.00706. The summed E-state index contributed by atoms with van der Waals surface area (Å²) in [6.07, 6.45) is 13.1. The number of rotatable bonds is 30. The zero-order valence-corrected chi connectivity index (χ0v) is 49.3. The Morgan fingerprint density at radius 1 is 0.741 bits per heavy atom. The highest BCUT2D eigenvalue weighted by Crippen LogP contribution is 2.50. The number of aliphatic carboxylic acids is 1. The van der Waals surface area contributed by atoms with Gasteiger partial charge in [0, 0.05) is 108 Å². The lowest BCUT2D eigenvalue weighted by Gasteiger charge is -2.28. The van der Waals surface area contributed by atoms with E-state index in [2.05, 4.69) is 66.9 Å². The Balaban J connectivity index is 1.33. The number of benzene rings is 4. The van der Waals surface area contributed by atoms with Crippen LogP contribution in [-0.4, -0.2) is 114 Å². The molecule has 21 nitrogen and oxygen atoms in total. The molecule has 0 fully saturated rings. The molecular formula is C55H68N3O18S5+. The van der Waals surface area contributed by atoms with Gasteiger partial charge in [0.05, 0.1) is 21.0 Å². The van der Waals surface area contributed by atoms with Gasteiger partial charge in [-0.3, -0.25) is 18.5 Å². The van der Waals surface area contributed by atoms with Crippen LogP contribution in [0.2, 0.25) is 0 Å². The molecule has 0 bridgehead atoms. The van der Waals surface area contributed by atoms with E-state index < -0.39 is 52.9 Å². The van der Waals surface area contributed by atoms with Gasteiger partial charge in [-0.1, -0.05) is 36.1 Å². The number of carbonyl (C=O) groups is 1. The molecule has 0 saturated carbocycles. The Morgan fingerprint density at radius 2 is 1.41 bits per heavy atom. The molecule has 0 spiro atoms. The van der Waals surface area contributed by atoms with Crippen molar-refractivity contribution in [2.24, 2.45) is 0 Å². The second kappa shape index (κ2) is 27.5. The lowest BCUT2D eigenvalue weighted by Crippen LogP contribution is -2.28. The van der Waals surface area contributed by atoms with E-state index >= 15 is 0 Å². The molecule has 2 aliphatic heterocycles. The number of carboxylic acids is 1. The Bertz CT molecular complexity index is 3440. The summed E-state index contributed by atoms with van der Waals surface area (Å²) in [6.45, 7) is 10.3. The molecule has 1 aliphatic carbocycles. The zero-order valence-electron chi connectivity index (χ0n) is 45.2. The maximum Gasteiger partial charge on any atom is 0.303 e. The molecule has 0 atom stereocenters. The van der Waals surface area contributed by atoms with E-state index in [4.69, 9.17) is 15.3 Å². The van der Waals surface area contributed by atoms with Gasteiger partial charge in [-0.15, -0.1) is 8.67 Å². The van der Waals surface area contributed by atoms with E-state index in [-0.39, 0.29) is 29.2 Å². The first-order valence-electron chi connectivity index (χ1n) is 26.2. The van der Waals surface area contributed by atoms with Crippen LogP contribution in [0.25, 0.3) is 10.8 Å². The average Bonchev–Trinajstić information content (AvgIpc) is 4.05. The summed E-state index contributed by atoms with van der Waals surface area (Å²) in [7, 11) is -13.3. The molecule has 0 radical (unpaired) electrons. The topological polar surface area (TPSA) is 297 Å². The van der Waals surface area contributed by atoms with Crippen molar-refractivity contribution in [3.8, 4) is 5.75 Å². The third-order valence-electron chi connectivity index (χ3n) is 14.6. The van der Waals surface area contributed by atoms with Crippen molar-refractivity contribution < 1.29 is 87.4 Å². The highest BCUT2D eigenvalue weighted by atomic mass is 32.2. The van der Waals surface area contributed by atoms with Gasteiger partial charge in [-0.25, -0.2) is 10.5 Å². The molecule has 0 aromatic heterocycles. The van der Waals surface area contributed by atoms with Crippen molar-refractivity contribution in [2.75, 3.05) is 53.2 Å². The number of hydrogen-bond donors (Lipinski definition) is 6. The van der Waals surface area contributed by atoms with Crippen LogP contribution >= 0.6 is 24.1 Å². The molecule has 26 heteroatoms. The third kappa shape index (κ3) is 16.1. The van der Waals surface area contributed by atoms with Crippen LogP contribution in [0, 0.1) is 0 Å². The van der Waals surface area contributed by atoms with Crippen molar-refractivity contribution in [2.45, 2.75) is 113 Å². The number of nitrogens with zero attached hydrogens (tertiary/aromatic N) is 3. The molecule has 7 rings (SSSR count). The molecule has 3 aliphatic rings. The minimum Gasteiger partial charge on any atom is -0.481 e. The zero-order chi connectivity index (χ0) is 58.8. The second-order valence-electron chi connectivity index (χ2n) is 20.8.